The molecule has 0 spiro atoms. The average molecular weight is 327 g/mol. The number of anilines is 2. The Balaban J connectivity index is 1.41. The molecule has 0 saturated heterocycles. The minimum absolute atomic E-state index is 0.0519. The quantitative estimate of drug-likeness (QED) is 0.683. The number of imidazole rings is 1. The van der Waals surface area contributed by atoms with E-state index in [0.29, 0.717) is 17.9 Å². The smallest absolute Gasteiger partial charge is 0.319 e. The summed E-state index contributed by atoms with van der Waals surface area (Å²) < 4.78 is 1.96. The first-order chi connectivity index (χ1) is 11.7. The van der Waals surface area contributed by atoms with Crippen molar-refractivity contribution in [2.45, 2.75) is 25.8 Å². The van der Waals surface area contributed by atoms with E-state index in [1.165, 1.54) is 0 Å². The third-order valence-corrected chi connectivity index (χ3v) is 3.77. The number of rotatable bonds is 7. The fourth-order valence-corrected chi connectivity index (χ4v) is 2.32. The molecule has 1 aliphatic rings. The van der Waals surface area contributed by atoms with E-state index in [2.05, 4.69) is 20.9 Å². The van der Waals surface area contributed by atoms with E-state index in [1.54, 1.807) is 30.7 Å². The summed E-state index contributed by atoms with van der Waals surface area (Å²) in [6.07, 6.45) is 8.12. The van der Waals surface area contributed by atoms with Crippen LogP contribution in [0.15, 0.2) is 43.0 Å². The molecule has 1 fully saturated rings. The summed E-state index contributed by atoms with van der Waals surface area (Å²) in [6, 6.07) is 6.90. The molecule has 24 heavy (non-hydrogen) atoms. The lowest BCUT2D eigenvalue weighted by atomic mass is 10.2. The molecule has 3 amide bonds. The number of carbonyl (C=O) groups is 2. The predicted octanol–water partition coefficient (Wildman–Crippen LogP) is 2.44. The number of nitrogens with zero attached hydrogens (tertiary/aromatic N) is 2. The van der Waals surface area contributed by atoms with Crippen molar-refractivity contribution in [1.82, 2.24) is 14.9 Å². The van der Waals surface area contributed by atoms with Crippen LogP contribution in [0.3, 0.4) is 0 Å². The Morgan fingerprint density at radius 2 is 2.00 bits per heavy atom. The van der Waals surface area contributed by atoms with Crippen LogP contribution in [0.5, 0.6) is 0 Å². The summed E-state index contributed by atoms with van der Waals surface area (Å²) in [4.78, 5) is 27.6. The highest BCUT2D eigenvalue weighted by Gasteiger charge is 2.29. The Hall–Kier alpha value is -2.83. The lowest BCUT2D eigenvalue weighted by Crippen LogP contribution is -2.30. The van der Waals surface area contributed by atoms with E-state index in [4.69, 9.17) is 0 Å². The summed E-state index contributed by atoms with van der Waals surface area (Å²) in [6.45, 7) is 1.38. The first kappa shape index (κ1) is 16.0. The van der Waals surface area contributed by atoms with Gasteiger partial charge in [-0.2, -0.15) is 0 Å². The van der Waals surface area contributed by atoms with Crippen LogP contribution < -0.4 is 16.0 Å². The van der Waals surface area contributed by atoms with Crippen molar-refractivity contribution in [2.75, 3.05) is 17.2 Å². The minimum Gasteiger partial charge on any atom is -0.338 e. The molecular formula is C17H21N5O2. The number of benzene rings is 1. The van der Waals surface area contributed by atoms with Crippen LogP contribution >= 0.6 is 0 Å². The number of hydrogen-bond donors (Lipinski definition) is 3. The van der Waals surface area contributed by atoms with E-state index in [1.807, 2.05) is 16.8 Å². The summed E-state index contributed by atoms with van der Waals surface area (Å²) in [5.41, 5.74) is 1.35. The van der Waals surface area contributed by atoms with Crippen molar-refractivity contribution in [2.24, 2.45) is 5.92 Å². The number of carbonyl (C=O) groups excluding carboxylic acids is 2. The Kier molecular flexibility index (Phi) is 5.10. The highest BCUT2D eigenvalue weighted by molar-refractivity contribution is 5.95. The Bertz CT molecular complexity index is 695. The van der Waals surface area contributed by atoms with Gasteiger partial charge in [0.05, 0.1) is 6.33 Å². The highest BCUT2D eigenvalue weighted by atomic mass is 16.2. The van der Waals surface area contributed by atoms with Gasteiger partial charge >= 0.3 is 6.03 Å². The van der Waals surface area contributed by atoms with Crippen LogP contribution in [0.25, 0.3) is 0 Å². The van der Waals surface area contributed by atoms with Crippen molar-refractivity contribution in [3.63, 3.8) is 0 Å². The normalized spacial score (nSPS) is 13.3. The number of hydrogen-bond acceptors (Lipinski definition) is 3. The Morgan fingerprint density at radius 3 is 2.71 bits per heavy atom. The molecule has 0 radical (unpaired) electrons. The number of nitrogens with one attached hydrogen (secondary N) is 3. The highest BCUT2D eigenvalue weighted by Crippen LogP contribution is 2.30. The van der Waals surface area contributed by atoms with Gasteiger partial charge in [-0.25, -0.2) is 9.78 Å². The molecule has 0 unspecified atom stereocenters. The Morgan fingerprint density at radius 1 is 1.21 bits per heavy atom. The first-order valence-electron chi connectivity index (χ1n) is 8.12. The molecule has 0 atom stereocenters. The van der Waals surface area contributed by atoms with Gasteiger partial charge in [-0.3, -0.25) is 4.79 Å². The molecular weight excluding hydrogens is 306 g/mol. The van der Waals surface area contributed by atoms with Crippen LogP contribution in [0.1, 0.15) is 19.3 Å². The molecule has 126 valence electrons. The zero-order chi connectivity index (χ0) is 16.8. The van der Waals surface area contributed by atoms with Gasteiger partial charge in [0.1, 0.15) is 0 Å². The van der Waals surface area contributed by atoms with Crippen molar-refractivity contribution in [3.05, 3.63) is 43.0 Å². The molecule has 0 bridgehead atoms. The summed E-state index contributed by atoms with van der Waals surface area (Å²) >= 11 is 0. The third-order valence-electron chi connectivity index (χ3n) is 3.77. The summed E-state index contributed by atoms with van der Waals surface area (Å²) in [7, 11) is 0. The van der Waals surface area contributed by atoms with Crippen LogP contribution in [0.2, 0.25) is 0 Å². The molecule has 0 aliphatic heterocycles. The topological polar surface area (TPSA) is 88.1 Å². The fraction of sp³-hybridized carbons (Fsp3) is 0.353. The summed E-state index contributed by atoms with van der Waals surface area (Å²) in [5.74, 6) is 0.205. The Labute approximate surface area is 140 Å². The zero-order valence-corrected chi connectivity index (χ0v) is 13.4. The van der Waals surface area contributed by atoms with Crippen LogP contribution in [-0.4, -0.2) is 28.0 Å². The lowest BCUT2D eigenvalue weighted by Gasteiger charge is -2.10. The maximum Gasteiger partial charge on any atom is 0.319 e. The van der Waals surface area contributed by atoms with Gasteiger partial charge in [0.2, 0.25) is 5.91 Å². The monoisotopic (exact) mass is 327 g/mol. The fourth-order valence-electron chi connectivity index (χ4n) is 2.32. The van der Waals surface area contributed by atoms with Crippen molar-refractivity contribution in [1.29, 1.82) is 0 Å². The first-order valence-corrected chi connectivity index (χ1v) is 8.12. The SMILES string of the molecule is O=C(NCCCn1ccnc1)Nc1cccc(NC(=O)C2CC2)c1. The lowest BCUT2D eigenvalue weighted by molar-refractivity contribution is -0.117. The van der Waals surface area contributed by atoms with Gasteiger partial charge < -0.3 is 20.5 Å². The molecule has 1 heterocycles. The maximum absolute atomic E-state index is 11.9. The standard InChI is InChI=1S/C17H21N5O2/c23-16(13-5-6-13)20-14-3-1-4-15(11-14)21-17(24)19-7-2-9-22-10-8-18-12-22/h1,3-4,8,10-13H,2,5-7,9H2,(H,20,23)(H2,19,21,24). The van der Waals surface area contributed by atoms with E-state index in [0.717, 1.165) is 25.8 Å². The van der Waals surface area contributed by atoms with Crippen molar-refractivity contribution in [3.8, 4) is 0 Å². The van der Waals surface area contributed by atoms with Crippen LogP contribution in [0.4, 0.5) is 16.2 Å². The van der Waals surface area contributed by atoms with Gasteiger partial charge in [-0.15, -0.1) is 0 Å². The van der Waals surface area contributed by atoms with E-state index < -0.39 is 0 Å². The number of amides is 3. The predicted molar refractivity (Wildman–Crippen MR) is 91.7 cm³/mol. The van der Waals surface area contributed by atoms with E-state index in [-0.39, 0.29) is 17.9 Å². The molecule has 3 rings (SSSR count). The summed E-state index contributed by atoms with van der Waals surface area (Å²) in [5, 5.41) is 8.45. The molecule has 1 aromatic heterocycles. The van der Waals surface area contributed by atoms with Gasteiger partial charge in [0.15, 0.2) is 0 Å². The minimum atomic E-state index is -0.258. The molecule has 2 aromatic rings. The number of aromatic nitrogens is 2. The van der Waals surface area contributed by atoms with Gasteiger partial charge in [-0.05, 0) is 37.5 Å². The molecule has 1 saturated carbocycles. The second-order valence-corrected chi connectivity index (χ2v) is 5.88. The molecule has 7 nitrogen and oxygen atoms in total. The molecule has 3 N–H and O–H groups in total. The van der Waals surface area contributed by atoms with Crippen molar-refractivity contribution < 1.29 is 9.59 Å². The molecule has 1 aromatic carbocycles. The van der Waals surface area contributed by atoms with Crippen LogP contribution in [-0.2, 0) is 11.3 Å². The second-order valence-electron chi connectivity index (χ2n) is 5.88. The number of urea groups is 1. The second kappa shape index (κ2) is 7.63. The average Bonchev–Trinajstić information content (AvgIpc) is 3.29. The number of aryl methyl sites for hydroxylation is 1. The molecule has 1 aliphatic carbocycles. The van der Waals surface area contributed by atoms with Gasteiger partial charge in [0, 0.05) is 42.8 Å². The van der Waals surface area contributed by atoms with Crippen molar-refractivity contribution >= 4 is 23.3 Å². The molecule has 7 heteroatoms. The third kappa shape index (κ3) is 4.84. The van der Waals surface area contributed by atoms with E-state index in [9.17, 15) is 9.59 Å². The van der Waals surface area contributed by atoms with Crippen LogP contribution in [0, 0.1) is 5.92 Å². The maximum atomic E-state index is 11.9. The van der Waals surface area contributed by atoms with Gasteiger partial charge in [0.25, 0.3) is 0 Å². The van der Waals surface area contributed by atoms with E-state index >= 15 is 0 Å². The largest absolute Gasteiger partial charge is 0.338 e. The van der Waals surface area contributed by atoms with Gasteiger partial charge in [-0.1, -0.05) is 6.07 Å². The zero-order valence-electron chi connectivity index (χ0n) is 13.4.